The maximum absolute atomic E-state index is 8.93. The molecule has 2 heterocycles. The summed E-state index contributed by atoms with van der Waals surface area (Å²) < 4.78 is 4.89. The minimum Gasteiger partial charge on any atom is -0.506 e. The second-order valence-corrected chi connectivity index (χ2v) is 2.15. The molecule has 5 nitrogen and oxygen atoms in total. The molecule has 0 atom stereocenters. The first-order valence-electron chi connectivity index (χ1n) is 3.28. The van der Waals surface area contributed by atoms with Crippen LogP contribution in [0, 0.1) is 0 Å². The molecule has 2 rings (SSSR count). The first kappa shape index (κ1) is 6.78. The van der Waals surface area contributed by atoms with Crippen LogP contribution in [0.3, 0.4) is 0 Å². The van der Waals surface area contributed by atoms with E-state index in [0.717, 1.165) is 0 Å². The normalized spacial score (nSPS) is 10.0. The van der Waals surface area contributed by atoms with Gasteiger partial charge in [0, 0.05) is 0 Å². The molecule has 0 saturated carbocycles. The van der Waals surface area contributed by atoms with Crippen LogP contribution in [0.2, 0.25) is 0 Å². The topological polar surface area (TPSA) is 72.0 Å². The molecule has 0 spiro atoms. The molecule has 0 aromatic carbocycles. The summed E-state index contributed by atoms with van der Waals surface area (Å²) in [5.41, 5.74) is 0.547. The fourth-order valence-corrected chi connectivity index (χ4v) is 0.797. The molecule has 12 heavy (non-hydrogen) atoms. The van der Waals surface area contributed by atoms with E-state index in [0.29, 0.717) is 11.6 Å². The quantitative estimate of drug-likeness (QED) is 0.674. The van der Waals surface area contributed by atoms with Crippen LogP contribution in [0.5, 0.6) is 5.75 Å². The molecule has 0 bridgehead atoms. The number of nitrogens with zero attached hydrogens (tertiary/aromatic N) is 3. The Bertz CT molecular complexity index is 355. The molecule has 2 aromatic rings. The Kier molecular flexibility index (Phi) is 1.48. The zero-order chi connectivity index (χ0) is 8.39. The minimum absolute atomic E-state index is 0.110. The van der Waals surface area contributed by atoms with Crippen molar-refractivity contribution in [2.45, 2.75) is 0 Å². The van der Waals surface area contributed by atoms with Crippen LogP contribution in [0.15, 0.2) is 29.1 Å². The molecule has 0 saturated heterocycles. The van der Waals surface area contributed by atoms with Gasteiger partial charge in [0.05, 0.1) is 6.20 Å². The second kappa shape index (κ2) is 2.61. The third-order valence-corrected chi connectivity index (χ3v) is 1.33. The SMILES string of the molecule is Oc1ccc(-c2nnco2)nc1. The van der Waals surface area contributed by atoms with E-state index in [1.165, 1.54) is 18.7 Å². The zero-order valence-corrected chi connectivity index (χ0v) is 6.01. The smallest absolute Gasteiger partial charge is 0.266 e. The van der Waals surface area contributed by atoms with Crippen LogP contribution >= 0.6 is 0 Å². The lowest BCUT2D eigenvalue weighted by Gasteiger charge is -1.92. The van der Waals surface area contributed by atoms with E-state index in [4.69, 9.17) is 9.52 Å². The summed E-state index contributed by atoms with van der Waals surface area (Å²) in [6.07, 6.45) is 2.55. The summed E-state index contributed by atoms with van der Waals surface area (Å²) >= 11 is 0. The summed E-state index contributed by atoms with van der Waals surface area (Å²) in [4.78, 5) is 3.87. The number of pyridine rings is 1. The van der Waals surface area contributed by atoms with Crippen molar-refractivity contribution in [2.24, 2.45) is 0 Å². The van der Waals surface area contributed by atoms with Crippen molar-refractivity contribution in [3.05, 3.63) is 24.7 Å². The molecular formula is C7H5N3O2. The number of aromatic hydroxyl groups is 1. The van der Waals surface area contributed by atoms with Gasteiger partial charge < -0.3 is 9.52 Å². The van der Waals surface area contributed by atoms with Gasteiger partial charge in [-0.25, -0.2) is 4.98 Å². The van der Waals surface area contributed by atoms with Crippen LogP contribution in [0.4, 0.5) is 0 Å². The van der Waals surface area contributed by atoms with Gasteiger partial charge in [0.25, 0.3) is 5.89 Å². The van der Waals surface area contributed by atoms with Crippen LogP contribution in [0.25, 0.3) is 11.6 Å². The number of hydrogen-bond donors (Lipinski definition) is 1. The van der Waals surface area contributed by atoms with Gasteiger partial charge in [-0.3, -0.25) is 0 Å². The Labute approximate surface area is 67.7 Å². The standard InChI is InChI=1S/C7H5N3O2/c11-5-1-2-6(8-3-5)7-10-9-4-12-7/h1-4,11H. The number of rotatable bonds is 1. The molecule has 0 fully saturated rings. The number of hydrogen-bond acceptors (Lipinski definition) is 5. The van der Waals surface area contributed by atoms with Gasteiger partial charge in [-0.05, 0) is 12.1 Å². The van der Waals surface area contributed by atoms with Gasteiger partial charge in [0.2, 0.25) is 6.39 Å². The van der Waals surface area contributed by atoms with Gasteiger partial charge >= 0.3 is 0 Å². The van der Waals surface area contributed by atoms with Crippen molar-refractivity contribution in [1.82, 2.24) is 15.2 Å². The van der Waals surface area contributed by atoms with Crippen molar-refractivity contribution >= 4 is 0 Å². The Morgan fingerprint density at radius 3 is 2.83 bits per heavy atom. The van der Waals surface area contributed by atoms with Crippen LogP contribution in [0.1, 0.15) is 0 Å². The fraction of sp³-hybridized carbons (Fsp3) is 0. The summed E-state index contributed by atoms with van der Waals surface area (Å²) in [7, 11) is 0. The molecule has 0 aliphatic rings. The van der Waals surface area contributed by atoms with Gasteiger partial charge in [-0.2, -0.15) is 0 Å². The Hall–Kier alpha value is -1.91. The van der Waals surface area contributed by atoms with Crippen molar-refractivity contribution < 1.29 is 9.52 Å². The second-order valence-electron chi connectivity index (χ2n) is 2.15. The molecule has 2 aromatic heterocycles. The molecule has 0 amide bonds. The van der Waals surface area contributed by atoms with Crippen LogP contribution < -0.4 is 0 Å². The lowest BCUT2D eigenvalue weighted by atomic mass is 10.3. The van der Waals surface area contributed by atoms with Crippen LogP contribution in [-0.2, 0) is 0 Å². The van der Waals surface area contributed by atoms with E-state index >= 15 is 0 Å². The Morgan fingerprint density at radius 1 is 1.33 bits per heavy atom. The van der Waals surface area contributed by atoms with Gasteiger partial charge in [-0.15, -0.1) is 10.2 Å². The predicted octanol–water partition coefficient (Wildman–Crippen LogP) is 0.837. The van der Waals surface area contributed by atoms with E-state index < -0.39 is 0 Å². The van der Waals surface area contributed by atoms with E-state index in [2.05, 4.69) is 15.2 Å². The molecule has 0 unspecified atom stereocenters. The summed E-state index contributed by atoms with van der Waals surface area (Å²) in [6.45, 7) is 0. The van der Waals surface area contributed by atoms with Crippen molar-refractivity contribution in [2.75, 3.05) is 0 Å². The van der Waals surface area contributed by atoms with Gasteiger partial charge in [0.1, 0.15) is 11.4 Å². The average molecular weight is 163 g/mol. The molecule has 60 valence electrons. The average Bonchev–Trinajstić information content (AvgIpc) is 2.58. The lowest BCUT2D eigenvalue weighted by molar-refractivity contribution is 0.472. The third kappa shape index (κ3) is 1.12. The molecule has 5 heteroatoms. The highest BCUT2D eigenvalue weighted by molar-refractivity contribution is 5.46. The molecule has 1 N–H and O–H groups in total. The number of aromatic nitrogens is 3. The molecule has 0 aliphatic carbocycles. The largest absolute Gasteiger partial charge is 0.506 e. The van der Waals surface area contributed by atoms with E-state index in [1.54, 1.807) is 6.07 Å². The van der Waals surface area contributed by atoms with Gasteiger partial charge in [0.15, 0.2) is 0 Å². The highest BCUT2D eigenvalue weighted by Gasteiger charge is 2.03. The van der Waals surface area contributed by atoms with Crippen molar-refractivity contribution in [3.8, 4) is 17.3 Å². The predicted molar refractivity (Wildman–Crippen MR) is 39.2 cm³/mol. The molecule has 0 radical (unpaired) electrons. The van der Waals surface area contributed by atoms with E-state index in [-0.39, 0.29) is 5.75 Å². The van der Waals surface area contributed by atoms with Crippen molar-refractivity contribution in [3.63, 3.8) is 0 Å². The van der Waals surface area contributed by atoms with E-state index in [9.17, 15) is 0 Å². The summed E-state index contributed by atoms with van der Waals surface area (Å²) in [6, 6.07) is 3.11. The maximum Gasteiger partial charge on any atom is 0.266 e. The van der Waals surface area contributed by atoms with E-state index in [1.807, 2.05) is 0 Å². The first-order chi connectivity index (χ1) is 5.86. The maximum atomic E-state index is 8.93. The highest BCUT2D eigenvalue weighted by atomic mass is 16.4. The molecular weight excluding hydrogens is 158 g/mol. The van der Waals surface area contributed by atoms with Crippen molar-refractivity contribution in [1.29, 1.82) is 0 Å². The third-order valence-electron chi connectivity index (χ3n) is 1.33. The molecule has 0 aliphatic heterocycles. The highest BCUT2D eigenvalue weighted by Crippen LogP contribution is 2.15. The lowest BCUT2D eigenvalue weighted by Crippen LogP contribution is -1.81. The monoisotopic (exact) mass is 163 g/mol. The Balaban J connectivity index is 2.43. The fourth-order valence-electron chi connectivity index (χ4n) is 0.797. The first-order valence-corrected chi connectivity index (χ1v) is 3.28. The summed E-state index contributed by atoms with van der Waals surface area (Å²) in [5.74, 6) is 0.452. The van der Waals surface area contributed by atoms with Gasteiger partial charge in [-0.1, -0.05) is 0 Å². The zero-order valence-electron chi connectivity index (χ0n) is 6.01. The summed E-state index contributed by atoms with van der Waals surface area (Å²) in [5, 5.41) is 16.1. The van der Waals surface area contributed by atoms with Crippen LogP contribution in [-0.4, -0.2) is 20.3 Å². The minimum atomic E-state index is 0.110. The Morgan fingerprint density at radius 2 is 2.25 bits per heavy atom.